The second-order valence-corrected chi connectivity index (χ2v) is 8.12. The van der Waals surface area contributed by atoms with Crippen molar-refractivity contribution < 1.29 is 9.47 Å². The molecule has 2 aliphatic heterocycles. The van der Waals surface area contributed by atoms with Crippen LogP contribution in [0.3, 0.4) is 0 Å². The maximum absolute atomic E-state index is 5.53. The second-order valence-electron chi connectivity index (χ2n) is 8.12. The number of aliphatic imine (C=N–C) groups is 1. The third-order valence-corrected chi connectivity index (χ3v) is 5.69. The van der Waals surface area contributed by atoms with Crippen LogP contribution in [0.25, 0.3) is 0 Å². The molecule has 30 heavy (non-hydrogen) atoms. The Kier molecular flexibility index (Phi) is 9.17. The van der Waals surface area contributed by atoms with E-state index in [1.807, 2.05) is 12.3 Å². The number of anilines is 1. The Labute approximate surface area is 181 Å². The summed E-state index contributed by atoms with van der Waals surface area (Å²) in [4.78, 5) is 14.3. The van der Waals surface area contributed by atoms with E-state index in [4.69, 9.17) is 14.5 Å². The summed E-state index contributed by atoms with van der Waals surface area (Å²) in [5, 5.41) is 6.96. The minimum Gasteiger partial charge on any atom is -0.379 e. The zero-order chi connectivity index (χ0) is 21.2. The monoisotopic (exact) mass is 418 g/mol. The molecule has 8 nitrogen and oxygen atoms in total. The van der Waals surface area contributed by atoms with Gasteiger partial charge in [0.2, 0.25) is 0 Å². The number of nitrogens with one attached hydrogen (secondary N) is 2. The average Bonchev–Trinajstić information content (AvgIpc) is 2.79. The molecule has 3 heterocycles. The second kappa shape index (κ2) is 12.1. The fourth-order valence-corrected chi connectivity index (χ4v) is 4.02. The van der Waals surface area contributed by atoms with Crippen molar-refractivity contribution in [2.75, 3.05) is 70.6 Å². The van der Waals surface area contributed by atoms with Gasteiger partial charge in [-0.1, -0.05) is 19.9 Å². The quantitative estimate of drug-likeness (QED) is 0.487. The summed E-state index contributed by atoms with van der Waals surface area (Å²) in [6.07, 6.45) is 1.86. The SMILES string of the molecule is CCNC(=NCc1cccnc1N1CCOCC1)NCC(C(C)C)N1CCOCC1. The number of guanidine groups is 1. The molecule has 0 bridgehead atoms. The van der Waals surface area contributed by atoms with Crippen molar-refractivity contribution in [1.82, 2.24) is 20.5 Å². The maximum atomic E-state index is 5.53. The molecule has 0 saturated carbocycles. The molecule has 168 valence electrons. The summed E-state index contributed by atoms with van der Waals surface area (Å²) < 4.78 is 11.0. The number of morpholine rings is 2. The molecule has 1 aromatic rings. The third-order valence-electron chi connectivity index (χ3n) is 5.69. The van der Waals surface area contributed by atoms with Crippen molar-refractivity contribution in [1.29, 1.82) is 0 Å². The van der Waals surface area contributed by atoms with Crippen molar-refractivity contribution in [3.05, 3.63) is 23.9 Å². The molecule has 2 N–H and O–H groups in total. The molecule has 2 fully saturated rings. The Balaban J connectivity index is 1.64. The Hall–Kier alpha value is -1.90. The lowest BCUT2D eigenvalue weighted by Gasteiger charge is -2.37. The van der Waals surface area contributed by atoms with Gasteiger partial charge < -0.3 is 25.0 Å². The zero-order valence-electron chi connectivity index (χ0n) is 18.8. The molecule has 0 amide bonds. The van der Waals surface area contributed by atoms with Crippen LogP contribution >= 0.6 is 0 Å². The molecular formula is C22H38N6O2. The van der Waals surface area contributed by atoms with Crippen molar-refractivity contribution in [3.8, 4) is 0 Å². The predicted octanol–water partition coefficient (Wildman–Crippen LogP) is 1.33. The number of aromatic nitrogens is 1. The number of hydrogen-bond donors (Lipinski definition) is 2. The van der Waals surface area contributed by atoms with Crippen LogP contribution in [-0.4, -0.2) is 87.6 Å². The molecule has 0 aromatic carbocycles. The van der Waals surface area contributed by atoms with Crippen LogP contribution in [0.15, 0.2) is 23.3 Å². The van der Waals surface area contributed by atoms with Gasteiger partial charge in [0.1, 0.15) is 5.82 Å². The summed E-state index contributed by atoms with van der Waals surface area (Å²) >= 11 is 0. The van der Waals surface area contributed by atoms with Crippen LogP contribution in [0.4, 0.5) is 5.82 Å². The van der Waals surface area contributed by atoms with Gasteiger partial charge in [-0.2, -0.15) is 0 Å². The largest absolute Gasteiger partial charge is 0.379 e. The highest BCUT2D eigenvalue weighted by Crippen LogP contribution is 2.19. The Bertz CT molecular complexity index is 657. The first kappa shape index (κ1) is 22.8. The van der Waals surface area contributed by atoms with Crippen LogP contribution < -0.4 is 15.5 Å². The predicted molar refractivity (Wildman–Crippen MR) is 121 cm³/mol. The lowest BCUT2D eigenvalue weighted by Crippen LogP contribution is -2.52. The molecule has 0 aliphatic carbocycles. The van der Waals surface area contributed by atoms with Crippen LogP contribution in [-0.2, 0) is 16.0 Å². The van der Waals surface area contributed by atoms with Gasteiger partial charge in [0.05, 0.1) is 33.0 Å². The van der Waals surface area contributed by atoms with E-state index in [1.54, 1.807) is 0 Å². The molecule has 0 radical (unpaired) electrons. The summed E-state index contributed by atoms with van der Waals surface area (Å²) in [6, 6.07) is 4.57. The molecule has 2 saturated heterocycles. The van der Waals surface area contributed by atoms with Gasteiger partial charge in [-0.05, 0) is 18.9 Å². The van der Waals surface area contributed by atoms with E-state index < -0.39 is 0 Å². The normalized spacial score (nSPS) is 19.7. The van der Waals surface area contributed by atoms with Crippen LogP contribution in [0.1, 0.15) is 26.3 Å². The number of rotatable bonds is 8. The number of pyridine rings is 1. The van der Waals surface area contributed by atoms with Gasteiger partial charge in [0.25, 0.3) is 0 Å². The molecule has 3 rings (SSSR count). The minimum atomic E-state index is 0.458. The van der Waals surface area contributed by atoms with Crippen LogP contribution in [0.2, 0.25) is 0 Å². The lowest BCUT2D eigenvalue weighted by molar-refractivity contribution is 0.00752. The van der Waals surface area contributed by atoms with Gasteiger partial charge in [0.15, 0.2) is 5.96 Å². The van der Waals surface area contributed by atoms with Gasteiger partial charge >= 0.3 is 0 Å². The molecule has 0 spiro atoms. The summed E-state index contributed by atoms with van der Waals surface area (Å²) in [5.41, 5.74) is 1.14. The van der Waals surface area contributed by atoms with E-state index in [0.29, 0.717) is 18.5 Å². The fourth-order valence-electron chi connectivity index (χ4n) is 4.02. The topological polar surface area (TPSA) is 74.2 Å². The van der Waals surface area contributed by atoms with Crippen molar-refractivity contribution >= 4 is 11.8 Å². The Morgan fingerprint density at radius 1 is 1.10 bits per heavy atom. The molecule has 1 aromatic heterocycles. The van der Waals surface area contributed by atoms with Gasteiger partial charge in [0, 0.05) is 57.1 Å². The molecule has 1 atom stereocenters. The summed E-state index contributed by atoms with van der Waals surface area (Å²) in [5.74, 6) is 2.44. The third kappa shape index (κ3) is 6.55. The molecular weight excluding hydrogens is 380 g/mol. The van der Waals surface area contributed by atoms with E-state index in [2.05, 4.69) is 52.3 Å². The van der Waals surface area contributed by atoms with E-state index in [0.717, 1.165) is 83.0 Å². The van der Waals surface area contributed by atoms with Gasteiger partial charge in [-0.15, -0.1) is 0 Å². The number of nitrogens with zero attached hydrogens (tertiary/aromatic N) is 4. The van der Waals surface area contributed by atoms with Crippen LogP contribution in [0, 0.1) is 5.92 Å². The highest BCUT2D eigenvalue weighted by atomic mass is 16.5. The van der Waals surface area contributed by atoms with Gasteiger partial charge in [-0.25, -0.2) is 9.98 Å². The number of hydrogen-bond acceptors (Lipinski definition) is 6. The molecule has 2 aliphatic rings. The Morgan fingerprint density at radius 2 is 1.80 bits per heavy atom. The van der Waals surface area contributed by atoms with E-state index in [1.165, 1.54) is 0 Å². The maximum Gasteiger partial charge on any atom is 0.191 e. The lowest BCUT2D eigenvalue weighted by atomic mass is 10.0. The molecule has 1 unspecified atom stereocenters. The van der Waals surface area contributed by atoms with Crippen LogP contribution in [0.5, 0.6) is 0 Å². The van der Waals surface area contributed by atoms with E-state index in [-0.39, 0.29) is 0 Å². The van der Waals surface area contributed by atoms with Gasteiger partial charge in [-0.3, -0.25) is 4.90 Å². The summed E-state index contributed by atoms with van der Waals surface area (Å²) in [6.45, 7) is 15.9. The first-order valence-corrected chi connectivity index (χ1v) is 11.3. The van der Waals surface area contributed by atoms with Crippen molar-refractivity contribution in [2.45, 2.75) is 33.4 Å². The van der Waals surface area contributed by atoms with Crippen molar-refractivity contribution in [3.63, 3.8) is 0 Å². The van der Waals surface area contributed by atoms with E-state index >= 15 is 0 Å². The first-order valence-electron chi connectivity index (χ1n) is 11.3. The molecule has 8 heteroatoms. The van der Waals surface area contributed by atoms with Crippen molar-refractivity contribution in [2.24, 2.45) is 10.9 Å². The zero-order valence-corrected chi connectivity index (χ0v) is 18.8. The average molecular weight is 419 g/mol. The van der Waals surface area contributed by atoms with E-state index in [9.17, 15) is 0 Å². The highest BCUT2D eigenvalue weighted by molar-refractivity contribution is 5.79. The smallest absolute Gasteiger partial charge is 0.191 e. The fraction of sp³-hybridized carbons (Fsp3) is 0.727. The Morgan fingerprint density at radius 3 is 2.47 bits per heavy atom. The highest BCUT2D eigenvalue weighted by Gasteiger charge is 2.24. The minimum absolute atomic E-state index is 0.458. The standard InChI is InChI=1S/C22H38N6O2/c1-4-23-22(26-17-20(18(2)3)27-8-12-29-13-9-27)25-16-19-6-5-7-24-21(19)28-10-14-30-15-11-28/h5-7,18,20H,4,8-17H2,1-3H3,(H2,23,25,26). The number of ether oxygens (including phenoxy) is 2. The first-order chi connectivity index (χ1) is 14.7. The summed E-state index contributed by atoms with van der Waals surface area (Å²) in [7, 11) is 0.